The molecule has 0 aliphatic carbocycles. The molecule has 0 aliphatic rings. The molecule has 3 aromatic rings. The van der Waals surface area contributed by atoms with Crippen LogP contribution in [-0.4, -0.2) is 22.4 Å². The lowest BCUT2D eigenvalue weighted by molar-refractivity contribution is 0.0950. The predicted molar refractivity (Wildman–Crippen MR) is 81.5 cm³/mol. The average Bonchev–Trinajstić information content (AvgIpc) is 3.06. The molecule has 20 heavy (non-hydrogen) atoms. The Bertz CT molecular complexity index is 736. The lowest BCUT2D eigenvalue weighted by Crippen LogP contribution is -2.25. The Labute approximate surface area is 124 Å². The molecule has 0 fully saturated rings. The maximum absolute atomic E-state index is 12.0. The first-order valence-electron chi connectivity index (χ1n) is 6.17. The highest BCUT2D eigenvalue weighted by Gasteiger charge is 2.09. The van der Waals surface area contributed by atoms with Crippen molar-refractivity contribution in [2.24, 2.45) is 0 Å². The first-order chi connectivity index (χ1) is 9.72. The monoisotopic (exact) mass is 305 g/mol. The molecule has 0 unspecified atom stereocenters. The van der Waals surface area contributed by atoms with Crippen molar-refractivity contribution in [3.8, 4) is 0 Å². The van der Waals surface area contributed by atoms with Crippen molar-refractivity contribution in [1.82, 2.24) is 15.3 Å². The van der Waals surface area contributed by atoms with Gasteiger partial charge in [-0.25, -0.2) is 4.98 Å². The Morgan fingerprint density at radius 2 is 2.35 bits per heavy atom. The normalized spacial score (nSPS) is 10.8. The Morgan fingerprint density at radius 1 is 1.45 bits per heavy atom. The zero-order valence-electron chi connectivity index (χ0n) is 10.5. The van der Waals surface area contributed by atoms with Gasteiger partial charge in [-0.15, -0.1) is 11.3 Å². The second-order valence-electron chi connectivity index (χ2n) is 4.36. The maximum Gasteiger partial charge on any atom is 0.267 e. The highest BCUT2D eigenvalue weighted by atomic mass is 35.5. The number of H-pyrrole nitrogens is 1. The summed E-state index contributed by atoms with van der Waals surface area (Å²) in [6, 6.07) is 7.59. The van der Waals surface area contributed by atoms with Gasteiger partial charge in [0.25, 0.3) is 5.91 Å². The van der Waals surface area contributed by atoms with Crippen LogP contribution in [0.15, 0.2) is 35.8 Å². The van der Waals surface area contributed by atoms with Crippen molar-refractivity contribution >= 4 is 39.7 Å². The van der Waals surface area contributed by atoms with Gasteiger partial charge in [-0.3, -0.25) is 4.79 Å². The summed E-state index contributed by atoms with van der Waals surface area (Å²) in [7, 11) is 0. The third kappa shape index (κ3) is 2.84. The van der Waals surface area contributed by atoms with Crippen molar-refractivity contribution < 1.29 is 4.79 Å². The van der Waals surface area contributed by atoms with Crippen molar-refractivity contribution in [1.29, 1.82) is 0 Å². The van der Waals surface area contributed by atoms with E-state index >= 15 is 0 Å². The second kappa shape index (κ2) is 5.64. The molecule has 0 saturated carbocycles. The Balaban J connectivity index is 1.66. The fourth-order valence-corrected chi connectivity index (χ4v) is 2.85. The van der Waals surface area contributed by atoms with Crippen molar-refractivity contribution in [3.05, 3.63) is 51.6 Å². The number of hydrogen-bond acceptors (Lipinski definition) is 3. The number of nitrogens with zero attached hydrogens (tertiary/aromatic N) is 1. The average molecular weight is 306 g/mol. The third-order valence-corrected chi connectivity index (χ3v) is 4.10. The van der Waals surface area contributed by atoms with Gasteiger partial charge in [0.1, 0.15) is 10.8 Å². The zero-order valence-corrected chi connectivity index (χ0v) is 12.1. The number of rotatable bonds is 4. The fraction of sp³-hybridized carbons (Fsp3) is 0.143. The summed E-state index contributed by atoms with van der Waals surface area (Å²) in [5.41, 5.74) is 1.33. The largest absolute Gasteiger partial charge is 0.350 e. The number of carbonyl (C=O) groups excluding carboxylic acids is 1. The summed E-state index contributed by atoms with van der Waals surface area (Å²) >= 11 is 7.52. The number of hydrogen-bond donors (Lipinski definition) is 2. The van der Waals surface area contributed by atoms with E-state index in [1.165, 1.54) is 4.88 Å². The van der Waals surface area contributed by atoms with E-state index in [0.29, 0.717) is 17.4 Å². The molecule has 0 radical (unpaired) electrons. The van der Waals surface area contributed by atoms with Gasteiger partial charge in [0, 0.05) is 16.8 Å². The summed E-state index contributed by atoms with van der Waals surface area (Å²) in [6.07, 6.45) is 2.47. The van der Waals surface area contributed by atoms with Gasteiger partial charge in [-0.05, 0) is 30.0 Å². The summed E-state index contributed by atoms with van der Waals surface area (Å²) in [6.45, 7) is 0.619. The number of nitrogens with one attached hydrogen (secondary N) is 2. The predicted octanol–water partition coefficient (Wildman–Crippen LogP) is 3.25. The van der Waals surface area contributed by atoms with E-state index in [9.17, 15) is 4.79 Å². The number of aromatic amines is 1. The topological polar surface area (TPSA) is 57.8 Å². The Morgan fingerprint density at radius 3 is 3.15 bits per heavy atom. The number of aromatic nitrogens is 2. The SMILES string of the molecule is O=C(NCCc1cccs1)c1cc2cc(Cl)ncc2[nH]1. The summed E-state index contributed by atoms with van der Waals surface area (Å²) in [5, 5.41) is 6.23. The van der Waals surface area contributed by atoms with Crippen LogP contribution in [0.2, 0.25) is 5.15 Å². The molecule has 4 nitrogen and oxygen atoms in total. The van der Waals surface area contributed by atoms with E-state index in [4.69, 9.17) is 11.6 Å². The number of amides is 1. The molecule has 0 bridgehead atoms. The quantitative estimate of drug-likeness (QED) is 0.727. The summed E-state index contributed by atoms with van der Waals surface area (Å²) in [5.74, 6) is -0.117. The molecule has 3 rings (SSSR count). The molecule has 2 N–H and O–H groups in total. The van der Waals surface area contributed by atoms with Gasteiger partial charge in [-0.1, -0.05) is 17.7 Å². The summed E-state index contributed by atoms with van der Waals surface area (Å²) in [4.78, 5) is 20.3. The van der Waals surface area contributed by atoms with Gasteiger partial charge in [0.2, 0.25) is 0 Å². The minimum Gasteiger partial charge on any atom is -0.350 e. The van der Waals surface area contributed by atoms with Crippen LogP contribution in [0.25, 0.3) is 10.9 Å². The van der Waals surface area contributed by atoms with Crippen LogP contribution in [0.3, 0.4) is 0 Å². The number of fused-ring (bicyclic) bond motifs is 1. The van der Waals surface area contributed by atoms with Gasteiger partial charge in [0.05, 0.1) is 11.7 Å². The van der Waals surface area contributed by atoms with E-state index < -0.39 is 0 Å². The molecular formula is C14H12ClN3OS. The van der Waals surface area contributed by atoms with Gasteiger partial charge < -0.3 is 10.3 Å². The number of halogens is 1. The number of thiophene rings is 1. The van der Waals surface area contributed by atoms with E-state index in [2.05, 4.69) is 21.4 Å². The van der Waals surface area contributed by atoms with E-state index in [1.54, 1.807) is 29.7 Å². The molecular weight excluding hydrogens is 294 g/mol. The van der Waals surface area contributed by atoms with Crippen LogP contribution in [0.5, 0.6) is 0 Å². The van der Waals surface area contributed by atoms with Crippen LogP contribution in [0, 0.1) is 0 Å². The van der Waals surface area contributed by atoms with Crippen LogP contribution < -0.4 is 5.32 Å². The first kappa shape index (κ1) is 13.1. The molecule has 0 atom stereocenters. The van der Waals surface area contributed by atoms with E-state index in [1.807, 2.05) is 11.4 Å². The molecule has 102 valence electrons. The smallest absolute Gasteiger partial charge is 0.267 e. The van der Waals surface area contributed by atoms with Crippen LogP contribution >= 0.6 is 22.9 Å². The lowest BCUT2D eigenvalue weighted by atomic mass is 10.3. The zero-order chi connectivity index (χ0) is 13.9. The highest BCUT2D eigenvalue weighted by molar-refractivity contribution is 7.09. The third-order valence-electron chi connectivity index (χ3n) is 2.95. The lowest BCUT2D eigenvalue weighted by Gasteiger charge is -2.01. The van der Waals surface area contributed by atoms with E-state index in [0.717, 1.165) is 17.3 Å². The first-order valence-corrected chi connectivity index (χ1v) is 7.43. The standard InChI is InChI=1S/C14H12ClN3OS/c15-13-7-9-6-11(18-12(9)8-17-13)14(19)16-4-3-10-2-1-5-20-10/h1-2,5-8,18H,3-4H2,(H,16,19). The maximum atomic E-state index is 12.0. The van der Waals surface area contributed by atoms with Crippen LogP contribution in [0.4, 0.5) is 0 Å². The van der Waals surface area contributed by atoms with Gasteiger partial charge in [-0.2, -0.15) is 0 Å². The molecule has 0 aromatic carbocycles. The molecule has 6 heteroatoms. The molecule has 1 amide bonds. The van der Waals surface area contributed by atoms with Gasteiger partial charge >= 0.3 is 0 Å². The summed E-state index contributed by atoms with van der Waals surface area (Å²) < 4.78 is 0. The second-order valence-corrected chi connectivity index (χ2v) is 5.78. The molecule has 0 saturated heterocycles. The van der Waals surface area contributed by atoms with Crippen LogP contribution in [-0.2, 0) is 6.42 Å². The van der Waals surface area contributed by atoms with Crippen molar-refractivity contribution in [3.63, 3.8) is 0 Å². The Kier molecular flexibility index (Phi) is 3.71. The van der Waals surface area contributed by atoms with Crippen molar-refractivity contribution in [2.45, 2.75) is 6.42 Å². The molecule has 0 spiro atoms. The molecule has 3 heterocycles. The van der Waals surface area contributed by atoms with Gasteiger partial charge in [0.15, 0.2) is 0 Å². The van der Waals surface area contributed by atoms with E-state index in [-0.39, 0.29) is 5.91 Å². The van der Waals surface area contributed by atoms with Crippen LogP contribution in [0.1, 0.15) is 15.4 Å². The fourth-order valence-electron chi connectivity index (χ4n) is 1.98. The minimum absolute atomic E-state index is 0.117. The minimum atomic E-state index is -0.117. The van der Waals surface area contributed by atoms with Crippen molar-refractivity contribution in [2.75, 3.05) is 6.54 Å². The number of carbonyl (C=O) groups is 1. The Hall–Kier alpha value is -1.85. The number of pyridine rings is 1. The highest BCUT2D eigenvalue weighted by Crippen LogP contribution is 2.17. The molecule has 0 aliphatic heterocycles. The molecule has 3 aromatic heterocycles.